The van der Waals surface area contributed by atoms with Crippen LogP contribution in [0.15, 0.2) is 0 Å². The average molecular weight is 189 g/mol. The van der Waals surface area contributed by atoms with Crippen LogP contribution in [0.2, 0.25) is 0 Å². The molecule has 0 aromatic rings. The van der Waals surface area contributed by atoms with Gasteiger partial charge < -0.3 is 0 Å². The van der Waals surface area contributed by atoms with Gasteiger partial charge in [-0.1, -0.05) is 22.9 Å². The second kappa shape index (κ2) is 3.60. The summed E-state index contributed by atoms with van der Waals surface area (Å²) in [5.74, 6) is 1.69. The Hall–Kier alpha value is 0.480. The second-order valence-electron chi connectivity index (χ2n) is 2.64. The molecule has 1 aliphatic carbocycles. The van der Waals surface area contributed by atoms with Crippen molar-refractivity contribution in [3.8, 4) is 0 Å². The molecule has 0 aliphatic heterocycles. The van der Waals surface area contributed by atoms with E-state index in [1.54, 1.807) is 5.92 Å². The summed E-state index contributed by atoms with van der Waals surface area (Å²) in [6.07, 6.45) is 7.61. The van der Waals surface area contributed by atoms with Crippen molar-refractivity contribution < 1.29 is 0 Å². The summed E-state index contributed by atoms with van der Waals surface area (Å²) in [6, 6.07) is 0. The number of hydrogen-bond acceptors (Lipinski definition) is 0. The summed E-state index contributed by atoms with van der Waals surface area (Å²) in [5, 5.41) is 0. The highest BCUT2D eigenvalue weighted by Gasteiger charge is 2.17. The summed E-state index contributed by atoms with van der Waals surface area (Å²) < 4.78 is 0. The summed E-state index contributed by atoms with van der Waals surface area (Å²) in [7, 11) is 0. The first-order valence-electron chi connectivity index (χ1n) is 3.61. The van der Waals surface area contributed by atoms with Gasteiger partial charge in [0.15, 0.2) is 0 Å². The molecule has 0 amide bonds. The van der Waals surface area contributed by atoms with E-state index in [0.29, 0.717) is 4.83 Å². The summed E-state index contributed by atoms with van der Waals surface area (Å²) in [4.78, 5) is 0.645. The molecule has 0 nitrogen and oxygen atoms in total. The van der Waals surface area contributed by atoms with Gasteiger partial charge in [0.05, 0.1) is 0 Å². The molecule has 1 atom stereocenters. The van der Waals surface area contributed by atoms with E-state index in [1.165, 1.54) is 25.7 Å². The van der Waals surface area contributed by atoms with Crippen LogP contribution >= 0.6 is 15.9 Å². The van der Waals surface area contributed by atoms with Gasteiger partial charge in [-0.2, -0.15) is 0 Å². The van der Waals surface area contributed by atoms with Crippen molar-refractivity contribution in [2.24, 2.45) is 0 Å². The first kappa shape index (κ1) is 7.59. The van der Waals surface area contributed by atoms with Crippen molar-refractivity contribution >= 4 is 15.9 Å². The number of halogens is 1. The van der Waals surface area contributed by atoms with Gasteiger partial charge >= 0.3 is 0 Å². The zero-order chi connectivity index (χ0) is 6.69. The molecule has 1 saturated carbocycles. The van der Waals surface area contributed by atoms with Crippen LogP contribution in [0.5, 0.6) is 0 Å². The van der Waals surface area contributed by atoms with Crippen LogP contribution in [0.4, 0.5) is 0 Å². The molecule has 0 aromatic carbocycles. The van der Waals surface area contributed by atoms with Crippen LogP contribution < -0.4 is 0 Å². The van der Waals surface area contributed by atoms with Gasteiger partial charge in [-0.05, 0) is 38.0 Å². The number of alkyl halides is 1. The van der Waals surface area contributed by atoms with E-state index in [9.17, 15) is 0 Å². The van der Waals surface area contributed by atoms with E-state index >= 15 is 0 Å². The highest BCUT2D eigenvalue weighted by Crippen LogP contribution is 2.30. The molecule has 0 N–H and O–H groups in total. The molecule has 1 heteroatoms. The van der Waals surface area contributed by atoms with Gasteiger partial charge in [0.25, 0.3) is 0 Å². The number of rotatable bonds is 1. The maximum Gasteiger partial charge on any atom is 0.0179 e. The molecule has 0 bridgehead atoms. The third-order valence-corrected chi connectivity index (χ3v) is 2.55. The van der Waals surface area contributed by atoms with Crippen molar-refractivity contribution in [2.45, 2.75) is 37.4 Å². The van der Waals surface area contributed by atoms with Crippen LogP contribution in [0.25, 0.3) is 0 Å². The molecule has 0 spiro atoms. The maximum atomic E-state index is 3.58. The van der Waals surface area contributed by atoms with Crippen molar-refractivity contribution in [1.82, 2.24) is 0 Å². The zero-order valence-electron chi connectivity index (χ0n) is 5.86. The molecular weight excluding hydrogens is 176 g/mol. The fourth-order valence-corrected chi connectivity index (χ4v) is 1.70. The lowest BCUT2D eigenvalue weighted by atomic mass is 9.88. The quantitative estimate of drug-likeness (QED) is 0.556. The minimum atomic E-state index is 0.645. The van der Waals surface area contributed by atoms with Crippen LogP contribution in [0, 0.1) is 12.3 Å². The highest BCUT2D eigenvalue weighted by atomic mass is 79.9. The van der Waals surface area contributed by atoms with Gasteiger partial charge in [0.2, 0.25) is 0 Å². The Labute approximate surface area is 66.2 Å². The SMILES string of the molecule is CC(Br)[C]1CC[CH]CC1. The van der Waals surface area contributed by atoms with Crippen molar-refractivity contribution in [2.75, 3.05) is 0 Å². The highest BCUT2D eigenvalue weighted by molar-refractivity contribution is 9.09. The standard InChI is InChI=1S/C8H13Br/c1-7(9)8-5-3-2-4-6-8/h2,7H,3-6H2,1H3. The minimum Gasteiger partial charge on any atom is -0.0887 e. The average Bonchev–Trinajstić information content (AvgIpc) is 1.90. The zero-order valence-corrected chi connectivity index (χ0v) is 7.45. The normalized spacial score (nSPS) is 26.0. The van der Waals surface area contributed by atoms with Crippen LogP contribution in [0.3, 0.4) is 0 Å². The third-order valence-electron chi connectivity index (χ3n) is 1.90. The summed E-state index contributed by atoms with van der Waals surface area (Å²) in [5.41, 5.74) is 0. The molecular formula is C8H13Br. The van der Waals surface area contributed by atoms with Crippen LogP contribution in [0.1, 0.15) is 32.6 Å². The Bertz CT molecular complexity index is 72.6. The van der Waals surface area contributed by atoms with Crippen LogP contribution in [-0.4, -0.2) is 4.83 Å². The predicted molar refractivity (Wildman–Crippen MR) is 44.4 cm³/mol. The molecule has 0 aromatic heterocycles. The Morgan fingerprint density at radius 2 is 2.00 bits per heavy atom. The molecule has 0 saturated heterocycles. The summed E-state index contributed by atoms with van der Waals surface area (Å²) >= 11 is 3.58. The Morgan fingerprint density at radius 3 is 2.33 bits per heavy atom. The van der Waals surface area contributed by atoms with E-state index in [-0.39, 0.29) is 0 Å². The van der Waals surface area contributed by atoms with Gasteiger partial charge in [0, 0.05) is 4.83 Å². The molecule has 1 aliphatic rings. The topological polar surface area (TPSA) is 0 Å². The molecule has 1 fully saturated rings. The maximum absolute atomic E-state index is 3.58. The van der Waals surface area contributed by atoms with Crippen molar-refractivity contribution in [3.63, 3.8) is 0 Å². The Balaban J connectivity index is 2.23. The molecule has 9 heavy (non-hydrogen) atoms. The van der Waals surface area contributed by atoms with E-state index in [1.807, 2.05) is 0 Å². The van der Waals surface area contributed by atoms with E-state index in [4.69, 9.17) is 0 Å². The lowest BCUT2D eigenvalue weighted by Gasteiger charge is -2.22. The molecule has 1 unspecified atom stereocenters. The Kier molecular flexibility index (Phi) is 3.03. The van der Waals surface area contributed by atoms with Crippen molar-refractivity contribution in [3.05, 3.63) is 12.3 Å². The van der Waals surface area contributed by atoms with Gasteiger partial charge in [-0.3, -0.25) is 0 Å². The first-order valence-corrected chi connectivity index (χ1v) is 4.52. The fourth-order valence-electron chi connectivity index (χ4n) is 1.24. The molecule has 52 valence electrons. The summed E-state index contributed by atoms with van der Waals surface area (Å²) in [6.45, 7) is 2.22. The molecule has 1 rings (SSSR count). The smallest absolute Gasteiger partial charge is 0.0179 e. The van der Waals surface area contributed by atoms with Crippen molar-refractivity contribution in [1.29, 1.82) is 0 Å². The van der Waals surface area contributed by atoms with Crippen LogP contribution in [-0.2, 0) is 0 Å². The van der Waals surface area contributed by atoms with E-state index in [2.05, 4.69) is 29.3 Å². The largest absolute Gasteiger partial charge is 0.0887 e. The predicted octanol–water partition coefficient (Wildman–Crippen LogP) is 3.12. The van der Waals surface area contributed by atoms with Gasteiger partial charge in [0.1, 0.15) is 0 Å². The lowest BCUT2D eigenvalue weighted by molar-refractivity contribution is 0.607. The second-order valence-corrected chi connectivity index (χ2v) is 4.01. The molecule has 2 radical (unpaired) electrons. The number of hydrogen-bond donors (Lipinski definition) is 0. The van der Waals surface area contributed by atoms with Gasteiger partial charge in [-0.15, -0.1) is 0 Å². The minimum absolute atomic E-state index is 0.645. The van der Waals surface area contributed by atoms with Gasteiger partial charge in [-0.25, -0.2) is 0 Å². The lowest BCUT2D eigenvalue weighted by Crippen LogP contribution is -2.12. The first-order chi connectivity index (χ1) is 4.30. The monoisotopic (exact) mass is 188 g/mol. The fraction of sp³-hybridized carbons (Fsp3) is 0.750. The van der Waals surface area contributed by atoms with E-state index in [0.717, 1.165) is 0 Å². The Morgan fingerprint density at radius 1 is 1.44 bits per heavy atom. The van der Waals surface area contributed by atoms with E-state index < -0.39 is 0 Å². The molecule has 0 heterocycles. The third kappa shape index (κ3) is 2.29.